The van der Waals surface area contributed by atoms with Gasteiger partial charge in [-0.1, -0.05) is 11.2 Å². The van der Waals surface area contributed by atoms with E-state index in [-0.39, 0.29) is 5.97 Å². The maximum atomic E-state index is 11.2. The highest BCUT2D eigenvalue weighted by Crippen LogP contribution is 2.10. The fraction of sp³-hybridized carbons (Fsp3) is 0.200. The molecule has 1 aromatic rings. The topological polar surface area (TPSA) is 58.9 Å². The third kappa shape index (κ3) is 2.10. The molecule has 0 saturated heterocycles. The summed E-state index contributed by atoms with van der Waals surface area (Å²) in [5, 5.41) is 11.2. The average Bonchev–Trinajstić information content (AvgIpc) is 2.17. The van der Waals surface area contributed by atoms with E-state index < -0.39 is 0 Å². The van der Waals surface area contributed by atoms with Crippen molar-refractivity contribution >= 4 is 12.2 Å². The van der Waals surface area contributed by atoms with Gasteiger partial charge in [0, 0.05) is 0 Å². The molecule has 4 nitrogen and oxygen atoms in total. The number of ether oxygens (including phenoxy) is 1. The van der Waals surface area contributed by atoms with E-state index >= 15 is 0 Å². The van der Waals surface area contributed by atoms with Crippen molar-refractivity contribution in [3.05, 3.63) is 34.9 Å². The molecule has 0 aliphatic heterocycles. The third-order valence-electron chi connectivity index (χ3n) is 1.86. The molecule has 0 aliphatic rings. The van der Waals surface area contributed by atoms with Gasteiger partial charge in [0.2, 0.25) is 0 Å². The number of esters is 1. The Kier molecular flexibility index (Phi) is 3.23. The lowest BCUT2D eigenvalue weighted by Crippen LogP contribution is -2.03. The van der Waals surface area contributed by atoms with E-state index in [4.69, 9.17) is 5.21 Å². The maximum absolute atomic E-state index is 11.2. The zero-order valence-electron chi connectivity index (χ0n) is 8.02. The van der Waals surface area contributed by atoms with Crippen molar-refractivity contribution in [2.45, 2.75) is 6.92 Å². The summed E-state index contributed by atoms with van der Waals surface area (Å²) in [4.78, 5) is 11.2. The molecule has 0 spiro atoms. The number of nitrogens with zero attached hydrogens (tertiary/aromatic N) is 1. The molecule has 4 heteroatoms. The van der Waals surface area contributed by atoms with Gasteiger partial charge in [0.25, 0.3) is 0 Å². The molecule has 0 aliphatic carbocycles. The Labute approximate surface area is 81.8 Å². The number of oxime groups is 1. The van der Waals surface area contributed by atoms with Crippen LogP contribution in [0.2, 0.25) is 0 Å². The number of methoxy groups -OCH3 is 1. The third-order valence-corrected chi connectivity index (χ3v) is 1.86. The van der Waals surface area contributed by atoms with Crippen molar-refractivity contribution in [3.8, 4) is 0 Å². The second-order valence-electron chi connectivity index (χ2n) is 2.81. The Morgan fingerprint density at radius 1 is 1.57 bits per heavy atom. The second-order valence-corrected chi connectivity index (χ2v) is 2.81. The normalized spacial score (nSPS) is 10.4. The van der Waals surface area contributed by atoms with E-state index in [0.29, 0.717) is 5.56 Å². The Morgan fingerprint density at radius 2 is 2.29 bits per heavy atom. The van der Waals surface area contributed by atoms with E-state index in [2.05, 4.69) is 9.89 Å². The van der Waals surface area contributed by atoms with Crippen molar-refractivity contribution in [1.29, 1.82) is 0 Å². The Hall–Kier alpha value is -1.84. The van der Waals surface area contributed by atoms with Gasteiger partial charge in [0.1, 0.15) is 0 Å². The van der Waals surface area contributed by atoms with Gasteiger partial charge in [-0.3, -0.25) is 0 Å². The van der Waals surface area contributed by atoms with Crippen LogP contribution < -0.4 is 0 Å². The molecular formula is C10H11NO3. The fourth-order valence-corrected chi connectivity index (χ4v) is 1.17. The quantitative estimate of drug-likeness (QED) is 0.336. The van der Waals surface area contributed by atoms with Crippen LogP contribution in [-0.4, -0.2) is 24.5 Å². The van der Waals surface area contributed by atoms with Crippen LogP contribution in [-0.2, 0) is 4.74 Å². The van der Waals surface area contributed by atoms with Gasteiger partial charge in [-0.2, -0.15) is 0 Å². The molecule has 1 rings (SSSR count). The summed E-state index contributed by atoms with van der Waals surface area (Å²) in [7, 11) is 1.34. The molecule has 1 N–H and O–H groups in total. The average molecular weight is 193 g/mol. The highest BCUT2D eigenvalue weighted by atomic mass is 16.5. The molecule has 14 heavy (non-hydrogen) atoms. The van der Waals surface area contributed by atoms with Crippen LogP contribution in [0.4, 0.5) is 0 Å². The number of aryl methyl sites for hydroxylation is 1. The fourth-order valence-electron chi connectivity index (χ4n) is 1.17. The largest absolute Gasteiger partial charge is 0.465 e. The van der Waals surface area contributed by atoms with Crippen LogP contribution in [0.1, 0.15) is 21.5 Å². The monoisotopic (exact) mass is 193 g/mol. The lowest BCUT2D eigenvalue weighted by Gasteiger charge is -2.03. The minimum atomic E-state index is -0.366. The summed E-state index contributed by atoms with van der Waals surface area (Å²) in [6, 6.07) is 5.06. The Balaban J connectivity index is 3.07. The van der Waals surface area contributed by atoms with Crippen LogP contribution in [0.3, 0.4) is 0 Å². The van der Waals surface area contributed by atoms with Crippen LogP contribution >= 0.6 is 0 Å². The summed E-state index contributed by atoms with van der Waals surface area (Å²) < 4.78 is 4.59. The number of hydrogen-bond donors (Lipinski definition) is 1. The standard InChI is InChI=1S/C10H11NO3/c1-7-5-8(6-11-13)3-4-9(7)10(12)14-2/h3-6,13H,1-2H3. The first-order chi connectivity index (χ1) is 6.69. The zero-order valence-corrected chi connectivity index (χ0v) is 8.02. The van der Waals surface area contributed by atoms with Crippen LogP contribution in [0.25, 0.3) is 0 Å². The van der Waals surface area contributed by atoms with Gasteiger partial charge >= 0.3 is 5.97 Å². The van der Waals surface area contributed by atoms with E-state index in [0.717, 1.165) is 11.1 Å². The Morgan fingerprint density at radius 3 is 2.79 bits per heavy atom. The molecular weight excluding hydrogens is 182 g/mol. The maximum Gasteiger partial charge on any atom is 0.338 e. The highest BCUT2D eigenvalue weighted by molar-refractivity contribution is 5.92. The summed E-state index contributed by atoms with van der Waals surface area (Å²) >= 11 is 0. The number of benzene rings is 1. The smallest absolute Gasteiger partial charge is 0.338 e. The van der Waals surface area contributed by atoms with Gasteiger partial charge in [0.15, 0.2) is 0 Å². The number of carbonyl (C=O) groups is 1. The molecule has 0 radical (unpaired) electrons. The predicted molar refractivity (Wildman–Crippen MR) is 51.9 cm³/mol. The van der Waals surface area contributed by atoms with Crippen molar-refractivity contribution in [3.63, 3.8) is 0 Å². The summed E-state index contributed by atoms with van der Waals surface area (Å²) in [5.41, 5.74) is 2.04. The van der Waals surface area contributed by atoms with Crippen LogP contribution in [0.5, 0.6) is 0 Å². The molecule has 0 amide bonds. The van der Waals surface area contributed by atoms with Gasteiger partial charge < -0.3 is 9.94 Å². The number of rotatable bonds is 2. The molecule has 0 aromatic heterocycles. The van der Waals surface area contributed by atoms with Gasteiger partial charge in [-0.25, -0.2) is 4.79 Å². The second kappa shape index (κ2) is 4.41. The molecule has 0 fully saturated rings. The van der Waals surface area contributed by atoms with E-state index in [1.807, 2.05) is 0 Å². The van der Waals surface area contributed by atoms with E-state index in [1.54, 1.807) is 25.1 Å². The first kappa shape index (κ1) is 10.2. The minimum absolute atomic E-state index is 0.366. The highest BCUT2D eigenvalue weighted by Gasteiger charge is 2.08. The molecule has 0 atom stereocenters. The Bertz CT molecular complexity index is 372. The van der Waals surface area contributed by atoms with Crippen LogP contribution in [0, 0.1) is 6.92 Å². The number of carbonyl (C=O) groups excluding carboxylic acids is 1. The van der Waals surface area contributed by atoms with Gasteiger partial charge in [-0.05, 0) is 30.2 Å². The lowest BCUT2D eigenvalue weighted by molar-refractivity contribution is 0.0600. The van der Waals surface area contributed by atoms with Crippen molar-refractivity contribution in [2.24, 2.45) is 5.16 Å². The van der Waals surface area contributed by atoms with Crippen molar-refractivity contribution in [1.82, 2.24) is 0 Å². The first-order valence-electron chi connectivity index (χ1n) is 4.05. The van der Waals surface area contributed by atoms with E-state index in [9.17, 15) is 4.79 Å². The van der Waals surface area contributed by atoms with Gasteiger partial charge in [0.05, 0.1) is 18.9 Å². The SMILES string of the molecule is COC(=O)c1ccc(C=NO)cc1C. The molecule has 74 valence electrons. The first-order valence-corrected chi connectivity index (χ1v) is 4.05. The molecule has 1 aromatic carbocycles. The summed E-state index contributed by atoms with van der Waals surface area (Å²) in [5.74, 6) is -0.366. The molecule has 0 saturated carbocycles. The summed E-state index contributed by atoms with van der Waals surface area (Å²) in [6.45, 7) is 1.79. The van der Waals surface area contributed by atoms with Crippen molar-refractivity contribution in [2.75, 3.05) is 7.11 Å². The summed E-state index contributed by atoms with van der Waals surface area (Å²) in [6.07, 6.45) is 1.30. The predicted octanol–water partition coefficient (Wildman–Crippen LogP) is 1.59. The molecule has 0 unspecified atom stereocenters. The van der Waals surface area contributed by atoms with Gasteiger partial charge in [-0.15, -0.1) is 0 Å². The number of hydrogen-bond acceptors (Lipinski definition) is 4. The zero-order chi connectivity index (χ0) is 10.6. The minimum Gasteiger partial charge on any atom is -0.465 e. The van der Waals surface area contributed by atoms with E-state index in [1.165, 1.54) is 13.3 Å². The van der Waals surface area contributed by atoms with Crippen LogP contribution in [0.15, 0.2) is 23.4 Å². The molecule has 0 bridgehead atoms. The molecule has 0 heterocycles. The lowest BCUT2D eigenvalue weighted by atomic mass is 10.1. The van der Waals surface area contributed by atoms with Crippen molar-refractivity contribution < 1.29 is 14.7 Å².